The molecular weight excluding hydrogens is 483 g/mol. The lowest BCUT2D eigenvalue weighted by molar-refractivity contribution is 0.0733. The molecule has 0 aliphatic rings. The molecule has 0 aliphatic carbocycles. The van der Waals surface area contributed by atoms with Crippen LogP contribution in [0.3, 0.4) is 0 Å². The highest BCUT2D eigenvalue weighted by molar-refractivity contribution is 14.1. The molecule has 3 aromatic carbocycles. The van der Waals surface area contributed by atoms with Crippen LogP contribution in [0, 0.1) is 3.57 Å². The molecule has 0 unspecified atom stereocenters. The first-order valence-corrected chi connectivity index (χ1v) is 9.69. The van der Waals surface area contributed by atoms with E-state index in [9.17, 15) is 9.59 Å². The summed E-state index contributed by atoms with van der Waals surface area (Å²) in [6.07, 6.45) is 1.51. The normalized spacial score (nSPS) is 10.6. The Morgan fingerprint density at radius 3 is 2.24 bits per heavy atom. The number of rotatable bonds is 6. The Balaban J connectivity index is 1.56. The van der Waals surface area contributed by atoms with Crippen LogP contribution in [0.1, 0.15) is 26.3 Å². The predicted molar refractivity (Wildman–Crippen MR) is 119 cm³/mol. The molecule has 7 heteroatoms. The van der Waals surface area contributed by atoms with Gasteiger partial charge in [-0.15, -0.1) is 0 Å². The average molecular weight is 500 g/mol. The van der Waals surface area contributed by atoms with Gasteiger partial charge in [0.05, 0.1) is 18.9 Å². The van der Waals surface area contributed by atoms with E-state index in [-0.39, 0.29) is 5.91 Å². The molecule has 0 heterocycles. The largest absolute Gasteiger partial charge is 0.497 e. The molecule has 6 nitrogen and oxygen atoms in total. The minimum Gasteiger partial charge on any atom is -0.497 e. The molecule has 0 atom stereocenters. The summed E-state index contributed by atoms with van der Waals surface area (Å²) in [6.45, 7) is 0. The fraction of sp³-hybridized carbons (Fsp3) is 0.0455. The molecule has 0 saturated carbocycles. The van der Waals surface area contributed by atoms with E-state index >= 15 is 0 Å². The number of esters is 1. The van der Waals surface area contributed by atoms with Crippen LogP contribution in [0.15, 0.2) is 77.9 Å². The van der Waals surface area contributed by atoms with Crippen LogP contribution in [0.4, 0.5) is 0 Å². The Kier molecular flexibility index (Phi) is 6.96. The van der Waals surface area contributed by atoms with E-state index in [1.165, 1.54) is 6.21 Å². The molecular formula is C22H17IN2O4. The van der Waals surface area contributed by atoms with Crippen molar-refractivity contribution in [3.05, 3.63) is 93.1 Å². The number of ether oxygens (including phenoxy) is 2. The maximum Gasteiger partial charge on any atom is 0.344 e. The van der Waals surface area contributed by atoms with Crippen LogP contribution in [-0.4, -0.2) is 25.2 Å². The van der Waals surface area contributed by atoms with Gasteiger partial charge in [0.25, 0.3) is 5.91 Å². The van der Waals surface area contributed by atoms with Crippen LogP contribution >= 0.6 is 22.6 Å². The predicted octanol–water partition coefficient (Wildman–Crippen LogP) is 4.28. The zero-order chi connectivity index (χ0) is 20.6. The van der Waals surface area contributed by atoms with Gasteiger partial charge in [0.15, 0.2) is 0 Å². The number of hydrogen-bond acceptors (Lipinski definition) is 5. The molecule has 0 radical (unpaired) electrons. The molecule has 0 fully saturated rings. The number of carbonyl (C=O) groups excluding carboxylic acids is 2. The van der Waals surface area contributed by atoms with Crippen LogP contribution in [0.25, 0.3) is 0 Å². The second-order valence-corrected chi connectivity index (χ2v) is 7.03. The third-order valence-electron chi connectivity index (χ3n) is 3.92. The van der Waals surface area contributed by atoms with Crippen LogP contribution in [-0.2, 0) is 0 Å². The quantitative estimate of drug-likeness (QED) is 0.180. The number of benzene rings is 3. The van der Waals surface area contributed by atoms with E-state index in [0.29, 0.717) is 22.6 Å². The summed E-state index contributed by atoms with van der Waals surface area (Å²) in [5.41, 5.74) is 4.19. The standard InChI is InChI=1S/C22H17IN2O4/c1-28-17-12-8-16(9-13-17)21(26)25-24-14-15-6-10-18(11-7-15)29-22(27)19-4-2-3-5-20(19)23/h2-14H,1H3,(H,25,26). The summed E-state index contributed by atoms with van der Waals surface area (Å²) >= 11 is 2.09. The summed E-state index contributed by atoms with van der Waals surface area (Å²) in [4.78, 5) is 24.3. The Hall–Kier alpha value is -3.20. The van der Waals surface area contributed by atoms with Crippen molar-refractivity contribution in [3.63, 3.8) is 0 Å². The van der Waals surface area contributed by atoms with Crippen LogP contribution in [0.5, 0.6) is 11.5 Å². The second kappa shape index (κ2) is 9.83. The van der Waals surface area contributed by atoms with Crippen molar-refractivity contribution in [2.45, 2.75) is 0 Å². The highest BCUT2D eigenvalue weighted by atomic mass is 127. The van der Waals surface area contributed by atoms with Crippen LogP contribution in [0.2, 0.25) is 0 Å². The number of carbonyl (C=O) groups is 2. The van der Waals surface area contributed by atoms with Gasteiger partial charge in [-0.1, -0.05) is 12.1 Å². The second-order valence-electron chi connectivity index (χ2n) is 5.87. The Labute approximate surface area is 181 Å². The first-order chi connectivity index (χ1) is 14.1. The number of methoxy groups -OCH3 is 1. The lowest BCUT2D eigenvalue weighted by atomic mass is 10.2. The van der Waals surface area contributed by atoms with Crippen LogP contribution < -0.4 is 14.9 Å². The summed E-state index contributed by atoms with van der Waals surface area (Å²) in [5, 5.41) is 3.95. The van der Waals surface area contributed by atoms with Gasteiger partial charge in [0.1, 0.15) is 11.5 Å². The summed E-state index contributed by atoms with van der Waals surface area (Å²) in [5.74, 6) is 0.358. The van der Waals surface area contributed by atoms with E-state index in [2.05, 4.69) is 33.1 Å². The van der Waals surface area contributed by atoms with Crippen molar-refractivity contribution in [2.24, 2.45) is 5.10 Å². The topological polar surface area (TPSA) is 77.0 Å². The van der Waals surface area contributed by atoms with E-state index < -0.39 is 5.97 Å². The van der Waals surface area contributed by atoms with Crippen molar-refractivity contribution in [3.8, 4) is 11.5 Å². The maximum atomic E-state index is 12.2. The van der Waals surface area contributed by atoms with Crippen molar-refractivity contribution in [1.82, 2.24) is 5.43 Å². The minimum absolute atomic E-state index is 0.327. The maximum absolute atomic E-state index is 12.2. The smallest absolute Gasteiger partial charge is 0.344 e. The number of nitrogens with zero attached hydrogens (tertiary/aromatic N) is 1. The summed E-state index contributed by atoms with van der Waals surface area (Å²) in [7, 11) is 1.56. The molecule has 1 amide bonds. The minimum atomic E-state index is -0.414. The monoisotopic (exact) mass is 500 g/mol. The number of hydrazone groups is 1. The third kappa shape index (κ3) is 5.64. The lowest BCUT2D eigenvalue weighted by Gasteiger charge is -2.06. The van der Waals surface area contributed by atoms with Crippen molar-refractivity contribution >= 4 is 40.7 Å². The fourth-order valence-corrected chi connectivity index (χ4v) is 2.99. The van der Waals surface area contributed by atoms with Gasteiger partial charge >= 0.3 is 5.97 Å². The summed E-state index contributed by atoms with van der Waals surface area (Å²) in [6, 6.07) is 20.7. The lowest BCUT2D eigenvalue weighted by Crippen LogP contribution is -2.17. The van der Waals surface area contributed by atoms with Gasteiger partial charge in [0.2, 0.25) is 0 Å². The Bertz CT molecular complexity index is 1030. The van der Waals surface area contributed by atoms with Gasteiger partial charge in [0, 0.05) is 9.13 Å². The van der Waals surface area contributed by atoms with E-state index in [1.807, 2.05) is 12.1 Å². The molecule has 3 rings (SSSR count). The molecule has 29 heavy (non-hydrogen) atoms. The molecule has 1 N–H and O–H groups in total. The fourth-order valence-electron chi connectivity index (χ4n) is 2.38. The zero-order valence-corrected chi connectivity index (χ0v) is 17.6. The first-order valence-electron chi connectivity index (χ1n) is 8.61. The van der Waals surface area contributed by atoms with Gasteiger partial charge in [-0.2, -0.15) is 5.10 Å². The molecule has 0 spiro atoms. The zero-order valence-electron chi connectivity index (χ0n) is 15.5. The van der Waals surface area contributed by atoms with Gasteiger partial charge < -0.3 is 9.47 Å². The molecule has 0 saturated heterocycles. The van der Waals surface area contributed by atoms with Gasteiger partial charge in [-0.25, -0.2) is 10.2 Å². The number of nitrogens with one attached hydrogen (secondary N) is 1. The summed E-state index contributed by atoms with van der Waals surface area (Å²) < 4.78 is 11.3. The molecule has 3 aromatic rings. The number of hydrogen-bond donors (Lipinski definition) is 1. The van der Waals surface area contributed by atoms with Crippen molar-refractivity contribution in [1.29, 1.82) is 0 Å². The molecule has 0 aliphatic heterocycles. The average Bonchev–Trinajstić information content (AvgIpc) is 2.75. The van der Waals surface area contributed by atoms with Crippen molar-refractivity contribution < 1.29 is 19.1 Å². The van der Waals surface area contributed by atoms with E-state index in [1.54, 1.807) is 67.8 Å². The third-order valence-corrected chi connectivity index (χ3v) is 4.86. The Morgan fingerprint density at radius 2 is 1.59 bits per heavy atom. The SMILES string of the molecule is COc1ccc(C(=O)NN=Cc2ccc(OC(=O)c3ccccc3I)cc2)cc1. The number of amides is 1. The highest BCUT2D eigenvalue weighted by Gasteiger charge is 2.11. The first kappa shape index (κ1) is 20.5. The van der Waals surface area contributed by atoms with Gasteiger partial charge in [-0.05, 0) is 88.8 Å². The Morgan fingerprint density at radius 1 is 0.931 bits per heavy atom. The molecule has 0 aromatic heterocycles. The highest BCUT2D eigenvalue weighted by Crippen LogP contribution is 2.17. The molecule has 146 valence electrons. The molecule has 0 bridgehead atoms. The van der Waals surface area contributed by atoms with Crippen molar-refractivity contribution in [2.75, 3.05) is 7.11 Å². The number of halogens is 1. The van der Waals surface area contributed by atoms with Gasteiger partial charge in [-0.3, -0.25) is 4.79 Å². The van der Waals surface area contributed by atoms with E-state index in [0.717, 1.165) is 9.13 Å². The van der Waals surface area contributed by atoms with E-state index in [4.69, 9.17) is 9.47 Å².